The molecule has 0 saturated heterocycles. The summed E-state index contributed by atoms with van der Waals surface area (Å²) in [5.41, 5.74) is 5.56. The Bertz CT molecular complexity index is 1530. The third-order valence-electron chi connectivity index (χ3n) is 9.74. The highest BCUT2D eigenvalue weighted by Crippen LogP contribution is 2.50. The van der Waals surface area contributed by atoms with Gasteiger partial charge in [0.15, 0.2) is 0 Å². The first kappa shape index (κ1) is 37.0. The van der Waals surface area contributed by atoms with Gasteiger partial charge in [0, 0.05) is 61.8 Å². The summed E-state index contributed by atoms with van der Waals surface area (Å²) in [7, 11) is 1.68. The first-order valence-electron chi connectivity index (χ1n) is 17.5. The van der Waals surface area contributed by atoms with Crippen molar-refractivity contribution in [3.8, 4) is 16.9 Å². The molecule has 2 aliphatic rings. The van der Waals surface area contributed by atoms with Gasteiger partial charge < -0.3 is 40.7 Å². The van der Waals surface area contributed by atoms with E-state index in [1.165, 1.54) is 11.1 Å². The SMILES string of the molecule is CC(CCCCN(C)C(=O)NC[C@H](O)[C@@H](O)[C@H](O)CCO)c1ccc(Cl)c(CNC2(c3cnccc3-c3ccccc3OC3CC3)CC2)c1. The topological polar surface area (TPSA) is 147 Å². The fourth-order valence-corrected chi connectivity index (χ4v) is 6.39. The lowest BCUT2D eigenvalue weighted by Crippen LogP contribution is -2.47. The maximum Gasteiger partial charge on any atom is 0.317 e. The average molecular weight is 695 g/mol. The molecule has 2 aromatic carbocycles. The largest absolute Gasteiger partial charge is 0.490 e. The Balaban J connectivity index is 1.11. The number of carbonyl (C=O) groups excluding carboxylic acids is 1. The van der Waals surface area contributed by atoms with E-state index in [4.69, 9.17) is 21.4 Å². The summed E-state index contributed by atoms with van der Waals surface area (Å²) < 4.78 is 6.27. The molecule has 0 aliphatic heterocycles. The highest BCUT2D eigenvalue weighted by Gasteiger charge is 2.46. The maximum atomic E-state index is 12.4. The number of nitrogens with zero attached hydrogens (tertiary/aromatic N) is 2. The third-order valence-corrected chi connectivity index (χ3v) is 10.1. The molecule has 266 valence electrons. The van der Waals surface area contributed by atoms with Gasteiger partial charge in [-0.2, -0.15) is 0 Å². The quantitative estimate of drug-likeness (QED) is 0.0951. The van der Waals surface area contributed by atoms with Crippen LogP contribution in [0.25, 0.3) is 11.1 Å². The van der Waals surface area contributed by atoms with Gasteiger partial charge >= 0.3 is 6.03 Å². The number of para-hydroxylation sites is 1. The summed E-state index contributed by atoms with van der Waals surface area (Å²) in [6, 6.07) is 16.3. The number of aliphatic hydroxyl groups excluding tert-OH is 4. The van der Waals surface area contributed by atoms with Crippen LogP contribution in [0.4, 0.5) is 4.79 Å². The van der Waals surface area contributed by atoms with Gasteiger partial charge in [0.2, 0.25) is 0 Å². The summed E-state index contributed by atoms with van der Waals surface area (Å²) in [5.74, 6) is 1.23. The second-order valence-electron chi connectivity index (χ2n) is 13.7. The molecule has 1 heterocycles. The van der Waals surface area contributed by atoms with Crippen LogP contribution in [0, 0.1) is 0 Å². The third kappa shape index (κ3) is 9.93. The molecule has 2 amide bonds. The second kappa shape index (κ2) is 17.1. The average Bonchev–Trinajstić information content (AvgIpc) is 4.06. The number of pyridine rings is 1. The number of halogens is 1. The van der Waals surface area contributed by atoms with Crippen LogP contribution < -0.4 is 15.4 Å². The minimum atomic E-state index is -1.45. The Morgan fingerprint density at radius 1 is 1.06 bits per heavy atom. The minimum Gasteiger partial charge on any atom is -0.490 e. The van der Waals surface area contributed by atoms with Crippen LogP contribution in [0.1, 0.15) is 80.9 Å². The van der Waals surface area contributed by atoms with Gasteiger partial charge in [-0.3, -0.25) is 4.98 Å². The number of aromatic nitrogens is 1. The monoisotopic (exact) mass is 694 g/mol. The lowest BCUT2D eigenvalue weighted by atomic mass is 9.93. The molecule has 4 atom stereocenters. The van der Waals surface area contributed by atoms with Crippen LogP contribution in [-0.4, -0.2) is 87.5 Å². The standard InChI is InChI=1S/C38H51ClN4O6/c1-25(7-5-6-19-43(2)37(48)41-24-34(46)36(47)33(45)15-20-44)26-10-13-32(39)27(21-26)22-42-38(16-17-38)31-23-40-18-14-29(31)30-8-3-4-9-35(30)49-28-11-12-28/h3-4,8-10,13-14,18,21,23,25,28,33-34,36,42,44-47H,5-7,11-12,15-17,19-20,22,24H2,1-2H3,(H,41,48)/t25?,33-,34+,36+/m1/s1. The van der Waals surface area contributed by atoms with Gasteiger partial charge in [0.05, 0.1) is 18.3 Å². The Morgan fingerprint density at radius 2 is 1.84 bits per heavy atom. The predicted octanol–water partition coefficient (Wildman–Crippen LogP) is 5.10. The van der Waals surface area contributed by atoms with Crippen molar-refractivity contribution in [3.05, 3.63) is 82.6 Å². The van der Waals surface area contributed by atoms with Crippen molar-refractivity contribution in [2.75, 3.05) is 26.7 Å². The van der Waals surface area contributed by atoms with E-state index in [9.17, 15) is 20.1 Å². The van der Waals surface area contributed by atoms with E-state index in [0.717, 1.165) is 72.4 Å². The van der Waals surface area contributed by atoms with E-state index in [-0.39, 0.29) is 31.1 Å². The fourth-order valence-electron chi connectivity index (χ4n) is 6.21. The molecule has 10 nitrogen and oxygen atoms in total. The summed E-state index contributed by atoms with van der Waals surface area (Å²) in [5, 5.41) is 45.7. The molecule has 3 aromatic rings. The molecule has 5 rings (SSSR count). The molecular weight excluding hydrogens is 644 g/mol. The summed E-state index contributed by atoms with van der Waals surface area (Å²) in [6.07, 6.45) is 6.99. The van der Waals surface area contributed by atoms with E-state index in [1.54, 1.807) is 11.9 Å². The first-order valence-corrected chi connectivity index (χ1v) is 17.9. The Morgan fingerprint density at radius 3 is 2.57 bits per heavy atom. The Labute approximate surface area is 294 Å². The molecule has 2 saturated carbocycles. The summed E-state index contributed by atoms with van der Waals surface area (Å²) in [4.78, 5) is 18.5. The summed E-state index contributed by atoms with van der Waals surface area (Å²) in [6.45, 7) is 2.87. The number of benzene rings is 2. The normalized spacial score (nSPS) is 17.5. The van der Waals surface area contributed by atoms with Crippen LogP contribution in [0.3, 0.4) is 0 Å². The van der Waals surface area contributed by atoms with Crippen molar-refractivity contribution in [2.45, 2.75) is 101 Å². The number of hydrogen-bond acceptors (Lipinski definition) is 8. The number of hydrogen-bond donors (Lipinski definition) is 6. The van der Waals surface area contributed by atoms with E-state index >= 15 is 0 Å². The maximum absolute atomic E-state index is 12.4. The zero-order valence-electron chi connectivity index (χ0n) is 28.5. The van der Waals surface area contributed by atoms with Gasteiger partial charge in [-0.25, -0.2) is 4.79 Å². The number of ether oxygens (including phenoxy) is 1. The van der Waals surface area contributed by atoms with Crippen molar-refractivity contribution in [3.63, 3.8) is 0 Å². The molecule has 11 heteroatoms. The van der Waals surface area contributed by atoms with Crippen molar-refractivity contribution < 1.29 is 30.0 Å². The van der Waals surface area contributed by atoms with Crippen molar-refractivity contribution in [1.82, 2.24) is 20.5 Å². The number of unbranched alkanes of at least 4 members (excludes halogenated alkanes) is 1. The molecule has 0 bridgehead atoms. The fraction of sp³-hybridized carbons (Fsp3) is 0.526. The number of rotatable bonds is 19. The van der Waals surface area contributed by atoms with Gasteiger partial charge in [-0.1, -0.05) is 55.3 Å². The molecular formula is C38H51ClN4O6. The van der Waals surface area contributed by atoms with E-state index < -0.39 is 18.3 Å². The lowest BCUT2D eigenvalue weighted by molar-refractivity contribution is -0.0636. The van der Waals surface area contributed by atoms with Crippen LogP contribution in [0.5, 0.6) is 5.75 Å². The molecule has 2 fully saturated rings. The highest BCUT2D eigenvalue weighted by atomic mass is 35.5. The zero-order valence-corrected chi connectivity index (χ0v) is 29.3. The van der Waals surface area contributed by atoms with Crippen molar-refractivity contribution in [2.24, 2.45) is 0 Å². The smallest absolute Gasteiger partial charge is 0.317 e. The lowest BCUT2D eigenvalue weighted by Gasteiger charge is -2.24. The summed E-state index contributed by atoms with van der Waals surface area (Å²) >= 11 is 6.72. The van der Waals surface area contributed by atoms with E-state index in [1.807, 2.05) is 24.5 Å². The molecule has 2 aliphatic carbocycles. The van der Waals surface area contributed by atoms with Gasteiger partial charge in [-0.05, 0) is 91.3 Å². The number of carbonyl (C=O) groups is 1. The van der Waals surface area contributed by atoms with Crippen LogP contribution in [-0.2, 0) is 12.1 Å². The number of amides is 2. The highest BCUT2D eigenvalue weighted by molar-refractivity contribution is 6.31. The van der Waals surface area contributed by atoms with Crippen molar-refractivity contribution >= 4 is 17.6 Å². The van der Waals surface area contributed by atoms with Crippen LogP contribution >= 0.6 is 11.6 Å². The minimum absolute atomic E-state index is 0.0566. The molecule has 1 aromatic heterocycles. The zero-order chi connectivity index (χ0) is 35.0. The molecule has 0 spiro atoms. The Kier molecular flexibility index (Phi) is 12.9. The molecule has 1 unspecified atom stereocenters. The first-order chi connectivity index (χ1) is 23.6. The Hall–Kier alpha value is -3.25. The van der Waals surface area contributed by atoms with Crippen molar-refractivity contribution in [1.29, 1.82) is 0 Å². The van der Waals surface area contributed by atoms with Gasteiger partial charge in [0.25, 0.3) is 0 Å². The molecule has 0 radical (unpaired) electrons. The van der Waals surface area contributed by atoms with Crippen LogP contribution in [0.15, 0.2) is 60.9 Å². The predicted molar refractivity (Wildman–Crippen MR) is 191 cm³/mol. The second-order valence-corrected chi connectivity index (χ2v) is 14.1. The number of urea groups is 1. The number of nitrogens with one attached hydrogen (secondary N) is 2. The number of aliphatic hydroxyl groups is 4. The van der Waals surface area contributed by atoms with E-state index in [2.05, 4.69) is 58.9 Å². The molecule has 6 N–H and O–H groups in total. The van der Waals surface area contributed by atoms with E-state index in [0.29, 0.717) is 25.1 Å². The molecule has 49 heavy (non-hydrogen) atoms. The van der Waals surface area contributed by atoms with Gasteiger partial charge in [0.1, 0.15) is 11.9 Å². The van der Waals surface area contributed by atoms with Gasteiger partial charge in [-0.15, -0.1) is 0 Å². The van der Waals surface area contributed by atoms with Crippen LogP contribution in [0.2, 0.25) is 5.02 Å².